The van der Waals surface area contributed by atoms with E-state index in [0.29, 0.717) is 11.3 Å². The molecular weight excluding hydrogens is 266 g/mol. The monoisotopic (exact) mass is 285 g/mol. The first-order valence-electron chi connectivity index (χ1n) is 6.55. The molecule has 6 heteroatoms. The number of hydrogen-bond donors (Lipinski definition) is 2. The summed E-state index contributed by atoms with van der Waals surface area (Å²) in [5.74, 6) is 0.866. The Labute approximate surface area is 116 Å². The average Bonchev–Trinajstić information content (AvgIpc) is 2.93. The van der Waals surface area contributed by atoms with Gasteiger partial charge in [0, 0.05) is 16.8 Å². The number of aliphatic hydroxyl groups is 1. The molecule has 2 N–H and O–H groups in total. The quantitative estimate of drug-likeness (QED) is 0.866. The van der Waals surface area contributed by atoms with Crippen LogP contribution in [0.5, 0.6) is 0 Å². The SMILES string of the molecule is Cc1nsc(SC2CCC(CO)(NC3CC3)C2)n1. The van der Waals surface area contributed by atoms with E-state index in [1.54, 1.807) is 0 Å². The third-order valence-corrected chi connectivity index (χ3v) is 5.87. The second kappa shape index (κ2) is 5.07. The molecule has 0 aromatic carbocycles. The van der Waals surface area contributed by atoms with E-state index in [4.69, 9.17) is 0 Å². The zero-order valence-corrected chi connectivity index (χ0v) is 12.2. The number of hydrogen-bond acceptors (Lipinski definition) is 6. The summed E-state index contributed by atoms with van der Waals surface area (Å²) in [4.78, 5) is 4.41. The maximum Gasteiger partial charge on any atom is 0.170 e. The van der Waals surface area contributed by atoms with Crippen molar-refractivity contribution in [2.24, 2.45) is 0 Å². The van der Waals surface area contributed by atoms with Crippen LogP contribution in [0.4, 0.5) is 0 Å². The molecule has 0 saturated heterocycles. The lowest BCUT2D eigenvalue weighted by Crippen LogP contribution is -2.47. The lowest BCUT2D eigenvalue weighted by Gasteiger charge is -2.28. The first-order valence-corrected chi connectivity index (χ1v) is 8.20. The fraction of sp³-hybridized carbons (Fsp3) is 0.833. The minimum atomic E-state index is -0.0292. The van der Waals surface area contributed by atoms with Gasteiger partial charge in [-0.15, -0.1) is 0 Å². The molecule has 1 aromatic heterocycles. The maximum absolute atomic E-state index is 9.68. The van der Waals surface area contributed by atoms with Gasteiger partial charge in [-0.1, -0.05) is 11.8 Å². The van der Waals surface area contributed by atoms with Crippen LogP contribution in [-0.4, -0.2) is 37.9 Å². The Bertz CT molecular complexity index is 421. The minimum Gasteiger partial charge on any atom is -0.394 e. The van der Waals surface area contributed by atoms with E-state index < -0.39 is 0 Å². The molecule has 0 spiro atoms. The highest BCUT2D eigenvalue weighted by molar-refractivity contribution is 8.01. The van der Waals surface area contributed by atoms with Crippen molar-refractivity contribution in [2.75, 3.05) is 6.61 Å². The molecular formula is C12H19N3OS2. The van der Waals surface area contributed by atoms with Crippen molar-refractivity contribution in [1.29, 1.82) is 0 Å². The summed E-state index contributed by atoms with van der Waals surface area (Å²) in [5, 5.41) is 13.9. The average molecular weight is 285 g/mol. The molecule has 1 aromatic rings. The Hall–Kier alpha value is -0.170. The van der Waals surface area contributed by atoms with Crippen molar-refractivity contribution in [2.45, 2.75) is 60.2 Å². The molecule has 4 nitrogen and oxygen atoms in total. The molecule has 2 aliphatic carbocycles. The maximum atomic E-state index is 9.68. The standard InChI is InChI=1S/C12H19N3OS2/c1-8-13-11(18-15-8)17-10-4-5-12(6-10,7-16)14-9-2-3-9/h9-10,14,16H,2-7H2,1H3. The van der Waals surface area contributed by atoms with Crippen molar-refractivity contribution < 1.29 is 5.11 Å². The van der Waals surface area contributed by atoms with Gasteiger partial charge in [0.1, 0.15) is 5.82 Å². The van der Waals surface area contributed by atoms with Crippen LogP contribution in [0.25, 0.3) is 0 Å². The van der Waals surface area contributed by atoms with Crippen molar-refractivity contribution in [3.05, 3.63) is 5.82 Å². The van der Waals surface area contributed by atoms with Crippen LogP contribution in [0.3, 0.4) is 0 Å². The predicted octanol–water partition coefficient (Wildman–Crippen LogP) is 1.97. The van der Waals surface area contributed by atoms with Gasteiger partial charge in [-0.05, 0) is 50.6 Å². The lowest BCUT2D eigenvalue weighted by atomic mass is 9.99. The zero-order chi connectivity index (χ0) is 12.6. The summed E-state index contributed by atoms with van der Waals surface area (Å²) in [7, 11) is 0. The summed E-state index contributed by atoms with van der Waals surface area (Å²) in [6, 6.07) is 0.657. The van der Waals surface area contributed by atoms with E-state index in [1.165, 1.54) is 24.4 Å². The number of thioether (sulfide) groups is 1. The largest absolute Gasteiger partial charge is 0.394 e. The van der Waals surface area contributed by atoms with E-state index in [0.717, 1.165) is 29.4 Å². The van der Waals surface area contributed by atoms with Gasteiger partial charge in [-0.25, -0.2) is 4.98 Å². The topological polar surface area (TPSA) is 58.0 Å². The van der Waals surface area contributed by atoms with Gasteiger partial charge in [0.25, 0.3) is 0 Å². The van der Waals surface area contributed by atoms with Crippen molar-refractivity contribution in [1.82, 2.24) is 14.7 Å². The molecule has 0 bridgehead atoms. The smallest absolute Gasteiger partial charge is 0.170 e. The Balaban J connectivity index is 1.59. The third kappa shape index (κ3) is 2.87. The lowest BCUT2D eigenvalue weighted by molar-refractivity contribution is 0.163. The molecule has 2 fully saturated rings. The normalized spacial score (nSPS) is 32.0. The molecule has 0 radical (unpaired) electrons. The third-order valence-electron chi connectivity index (χ3n) is 3.73. The summed E-state index contributed by atoms with van der Waals surface area (Å²) in [6.45, 7) is 2.19. The van der Waals surface area contributed by atoms with Crippen LogP contribution in [-0.2, 0) is 0 Å². The van der Waals surface area contributed by atoms with Crippen molar-refractivity contribution >= 4 is 23.3 Å². The van der Waals surface area contributed by atoms with Crippen LogP contribution in [0.1, 0.15) is 37.9 Å². The van der Waals surface area contributed by atoms with E-state index >= 15 is 0 Å². The number of aliphatic hydroxyl groups excluding tert-OH is 1. The highest BCUT2D eigenvalue weighted by Gasteiger charge is 2.42. The second-order valence-electron chi connectivity index (χ2n) is 5.45. The van der Waals surface area contributed by atoms with Crippen molar-refractivity contribution in [3.63, 3.8) is 0 Å². The number of nitrogens with one attached hydrogen (secondary N) is 1. The molecule has 100 valence electrons. The van der Waals surface area contributed by atoms with Crippen LogP contribution in [0, 0.1) is 6.92 Å². The van der Waals surface area contributed by atoms with Gasteiger partial charge < -0.3 is 10.4 Å². The number of aromatic nitrogens is 2. The van der Waals surface area contributed by atoms with Crippen LogP contribution in [0.2, 0.25) is 0 Å². The van der Waals surface area contributed by atoms with E-state index in [2.05, 4.69) is 14.7 Å². The Morgan fingerprint density at radius 2 is 2.33 bits per heavy atom. The molecule has 1 heterocycles. The number of rotatable bonds is 5. The van der Waals surface area contributed by atoms with Crippen molar-refractivity contribution in [3.8, 4) is 0 Å². The van der Waals surface area contributed by atoms with E-state index in [1.807, 2.05) is 18.7 Å². The van der Waals surface area contributed by atoms with Gasteiger partial charge in [-0.3, -0.25) is 0 Å². The fourth-order valence-corrected chi connectivity index (χ4v) is 4.85. The molecule has 2 saturated carbocycles. The summed E-state index contributed by atoms with van der Waals surface area (Å²) in [6.07, 6.45) is 5.83. The van der Waals surface area contributed by atoms with Gasteiger partial charge in [-0.2, -0.15) is 4.37 Å². The van der Waals surface area contributed by atoms with Crippen LogP contribution < -0.4 is 5.32 Å². The molecule has 3 rings (SSSR count). The first kappa shape index (κ1) is 12.8. The van der Waals surface area contributed by atoms with Gasteiger partial charge >= 0.3 is 0 Å². The molecule has 18 heavy (non-hydrogen) atoms. The van der Waals surface area contributed by atoms with E-state index in [-0.39, 0.29) is 12.1 Å². The molecule has 2 atom stereocenters. The van der Waals surface area contributed by atoms with Gasteiger partial charge in [0.05, 0.1) is 6.61 Å². The minimum absolute atomic E-state index is 0.0292. The van der Waals surface area contributed by atoms with E-state index in [9.17, 15) is 5.11 Å². The van der Waals surface area contributed by atoms with Crippen LogP contribution >= 0.6 is 23.3 Å². The van der Waals surface area contributed by atoms with Gasteiger partial charge in [0.15, 0.2) is 4.34 Å². The molecule has 0 amide bonds. The summed E-state index contributed by atoms with van der Waals surface area (Å²) < 4.78 is 5.29. The first-order chi connectivity index (χ1) is 8.69. The molecule has 2 unspecified atom stereocenters. The Kier molecular flexibility index (Phi) is 3.62. The second-order valence-corrected chi connectivity index (χ2v) is 7.75. The molecule has 0 aliphatic heterocycles. The summed E-state index contributed by atoms with van der Waals surface area (Å²) in [5.41, 5.74) is -0.0292. The predicted molar refractivity (Wildman–Crippen MR) is 74.1 cm³/mol. The molecule has 2 aliphatic rings. The van der Waals surface area contributed by atoms with Gasteiger partial charge in [0.2, 0.25) is 0 Å². The zero-order valence-electron chi connectivity index (χ0n) is 10.6. The Morgan fingerprint density at radius 1 is 1.50 bits per heavy atom. The summed E-state index contributed by atoms with van der Waals surface area (Å²) >= 11 is 3.32. The fourth-order valence-electron chi connectivity index (χ4n) is 2.63. The highest BCUT2D eigenvalue weighted by atomic mass is 32.2. The Morgan fingerprint density at radius 3 is 2.94 bits per heavy atom. The van der Waals surface area contributed by atoms with Crippen LogP contribution in [0.15, 0.2) is 4.34 Å². The number of aryl methyl sites for hydroxylation is 1. The highest BCUT2D eigenvalue weighted by Crippen LogP contribution is 2.41. The number of nitrogens with zero attached hydrogens (tertiary/aromatic N) is 2.